The summed E-state index contributed by atoms with van der Waals surface area (Å²) in [5.41, 5.74) is 2.95. The first-order valence-electron chi connectivity index (χ1n) is 7.02. The first kappa shape index (κ1) is 13.4. The van der Waals surface area contributed by atoms with E-state index in [1.54, 1.807) is 22.3 Å². The molecule has 4 rings (SSSR count). The van der Waals surface area contributed by atoms with Crippen molar-refractivity contribution in [3.8, 4) is 16.9 Å². The predicted octanol–water partition coefficient (Wildman–Crippen LogP) is 1.62. The molecule has 112 valence electrons. The normalized spacial score (nSPS) is 15.2. The van der Waals surface area contributed by atoms with Crippen LogP contribution >= 0.6 is 11.3 Å². The van der Waals surface area contributed by atoms with Gasteiger partial charge in [0.25, 0.3) is 0 Å². The quantitative estimate of drug-likeness (QED) is 0.732. The smallest absolute Gasteiger partial charge is 0.186 e. The zero-order valence-electron chi connectivity index (χ0n) is 11.8. The van der Waals surface area contributed by atoms with E-state index in [2.05, 4.69) is 25.8 Å². The fourth-order valence-electron chi connectivity index (χ4n) is 2.38. The molecule has 0 aliphatic carbocycles. The Morgan fingerprint density at radius 2 is 2.09 bits per heavy atom. The second-order valence-corrected chi connectivity index (χ2v) is 5.76. The standard InChI is InChI=1S/C14H14N6OS/c1-2-11(8-12(3-1)20-10-15-17-18-20)13-9-22-14(16-13)19-4-6-21-7-5-19/h1-3,8-10H,4-7H2. The van der Waals surface area contributed by atoms with Gasteiger partial charge in [0.15, 0.2) is 5.13 Å². The fourth-order valence-corrected chi connectivity index (χ4v) is 3.27. The Labute approximate surface area is 131 Å². The average Bonchev–Trinajstić information content (AvgIpc) is 3.28. The summed E-state index contributed by atoms with van der Waals surface area (Å²) in [6, 6.07) is 8.04. The van der Waals surface area contributed by atoms with E-state index in [-0.39, 0.29) is 0 Å². The van der Waals surface area contributed by atoms with Crippen LogP contribution in [-0.2, 0) is 4.74 Å². The van der Waals surface area contributed by atoms with Gasteiger partial charge in [0, 0.05) is 24.0 Å². The minimum Gasteiger partial charge on any atom is -0.378 e. The Bertz CT molecular complexity index is 750. The molecule has 0 spiro atoms. The van der Waals surface area contributed by atoms with Crippen molar-refractivity contribution < 1.29 is 4.74 Å². The summed E-state index contributed by atoms with van der Waals surface area (Å²) >= 11 is 1.67. The maximum absolute atomic E-state index is 5.38. The van der Waals surface area contributed by atoms with E-state index in [1.807, 2.05) is 24.3 Å². The monoisotopic (exact) mass is 314 g/mol. The highest BCUT2D eigenvalue weighted by Crippen LogP contribution is 2.28. The van der Waals surface area contributed by atoms with Crippen LogP contribution in [0.2, 0.25) is 0 Å². The molecule has 2 aromatic heterocycles. The Morgan fingerprint density at radius 3 is 2.91 bits per heavy atom. The van der Waals surface area contributed by atoms with Crippen molar-refractivity contribution in [1.82, 2.24) is 25.2 Å². The number of hydrogen-bond acceptors (Lipinski definition) is 7. The molecule has 0 bridgehead atoms. The molecular weight excluding hydrogens is 300 g/mol. The first-order valence-corrected chi connectivity index (χ1v) is 7.90. The van der Waals surface area contributed by atoms with Gasteiger partial charge >= 0.3 is 0 Å². The van der Waals surface area contributed by atoms with Crippen molar-refractivity contribution in [3.05, 3.63) is 36.0 Å². The molecule has 1 aliphatic rings. The Balaban J connectivity index is 1.62. The number of anilines is 1. The molecule has 1 aromatic carbocycles. The number of ether oxygens (including phenoxy) is 1. The van der Waals surface area contributed by atoms with Crippen LogP contribution in [0, 0.1) is 0 Å². The van der Waals surface area contributed by atoms with Crippen molar-refractivity contribution in [2.45, 2.75) is 0 Å². The van der Waals surface area contributed by atoms with Crippen molar-refractivity contribution in [3.63, 3.8) is 0 Å². The fraction of sp³-hybridized carbons (Fsp3) is 0.286. The minimum absolute atomic E-state index is 0.768. The van der Waals surface area contributed by atoms with E-state index in [9.17, 15) is 0 Å². The number of hydrogen-bond donors (Lipinski definition) is 0. The average molecular weight is 314 g/mol. The number of thiazole rings is 1. The van der Waals surface area contributed by atoms with Crippen molar-refractivity contribution in [2.75, 3.05) is 31.2 Å². The highest BCUT2D eigenvalue weighted by molar-refractivity contribution is 7.14. The lowest BCUT2D eigenvalue weighted by Gasteiger charge is -2.26. The molecule has 7 nitrogen and oxygen atoms in total. The van der Waals surface area contributed by atoms with E-state index in [0.717, 1.165) is 48.4 Å². The third-order valence-electron chi connectivity index (χ3n) is 3.53. The lowest BCUT2D eigenvalue weighted by atomic mass is 10.1. The zero-order chi connectivity index (χ0) is 14.8. The van der Waals surface area contributed by atoms with Gasteiger partial charge in [-0.3, -0.25) is 0 Å². The van der Waals surface area contributed by atoms with Crippen LogP contribution in [0.4, 0.5) is 5.13 Å². The first-order chi connectivity index (χ1) is 10.9. The lowest BCUT2D eigenvalue weighted by Crippen LogP contribution is -2.36. The number of benzene rings is 1. The SMILES string of the molecule is c1cc(-c2csc(N3CCOCC3)n2)cc(-n2cnnn2)c1. The van der Waals surface area contributed by atoms with Crippen LogP contribution in [0.15, 0.2) is 36.0 Å². The van der Waals surface area contributed by atoms with E-state index < -0.39 is 0 Å². The summed E-state index contributed by atoms with van der Waals surface area (Å²) in [5, 5.41) is 14.4. The van der Waals surface area contributed by atoms with Crippen molar-refractivity contribution in [1.29, 1.82) is 0 Å². The van der Waals surface area contributed by atoms with Gasteiger partial charge in [-0.05, 0) is 22.6 Å². The van der Waals surface area contributed by atoms with Gasteiger partial charge in [-0.1, -0.05) is 12.1 Å². The number of tetrazole rings is 1. The maximum Gasteiger partial charge on any atom is 0.186 e. The molecule has 1 aliphatic heterocycles. The van der Waals surface area contributed by atoms with Crippen molar-refractivity contribution in [2.24, 2.45) is 0 Å². The van der Waals surface area contributed by atoms with E-state index in [0.29, 0.717) is 0 Å². The minimum atomic E-state index is 0.768. The van der Waals surface area contributed by atoms with Crippen LogP contribution in [0.25, 0.3) is 16.9 Å². The topological polar surface area (TPSA) is 69.0 Å². The predicted molar refractivity (Wildman–Crippen MR) is 83.3 cm³/mol. The molecule has 8 heteroatoms. The largest absolute Gasteiger partial charge is 0.378 e. The molecular formula is C14H14N6OS. The molecule has 0 N–H and O–H groups in total. The molecule has 0 amide bonds. The molecule has 1 saturated heterocycles. The summed E-state index contributed by atoms with van der Waals surface area (Å²) in [4.78, 5) is 7.02. The molecule has 0 saturated carbocycles. The highest BCUT2D eigenvalue weighted by atomic mass is 32.1. The second kappa shape index (κ2) is 5.82. The molecule has 0 atom stereocenters. The Hall–Kier alpha value is -2.32. The molecule has 0 unspecified atom stereocenters. The van der Waals surface area contributed by atoms with Crippen molar-refractivity contribution >= 4 is 16.5 Å². The van der Waals surface area contributed by atoms with Crippen LogP contribution in [0.3, 0.4) is 0 Å². The van der Waals surface area contributed by atoms with Gasteiger partial charge in [-0.2, -0.15) is 0 Å². The summed E-state index contributed by atoms with van der Waals surface area (Å²) in [5.74, 6) is 0. The third kappa shape index (κ3) is 2.58. The molecule has 22 heavy (non-hydrogen) atoms. The zero-order valence-corrected chi connectivity index (χ0v) is 12.6. The maximum atomic E-state index is 5.38. The number of nitrogens with zero attached hydrogens (tertiary/aromatic N) is 6. The van der Waals surface area contributed by atoms with E-state index in [1.165, 1.54) is 0 Å². The lowest BCUT2D eigenvalue weighted by molar-refractivity contribution is 0.122. The molecule has 0 radical (unpaired) electrons. The summed E-state index contributed by atoms with van der Waals surface area (Å²) in [6.45, 7) is 3.34. The number of rotatable bonds is 3. The van der Waals surface area contributed by atoms with E-state index >= 15 is 0 Å². The molecule has 3 aromatic rings. The van der Waals surface area contributed by atoms with E-state index in [4.69, 9.17) is 9.72 Å². The summed E-state index contributed by atoms with van der Waals surface area (Å²) < 4.78 is 7.02. The molecule has 3 heterocycles. The second-order valence-electron chi connectivity index (χ2n) is 4.92. The number of morpholine rings is 1. The van der Waals surface area contributed by atoms with Gasteiger partial charge in [-0.15, -0.1) is 16.4 Å². The van der Waals surface area contributed by atoms with Gasteiger partial charge < -0.3 is 9.64 Å². The van der Waals surface area contributed by atoms with Gasteiger partial charge in [-0.25, -0.2) is 9.67 Å². The van der Waals surface area contributed by atoms with Gasteiger partial charge in [0.2, 0.25) is 0 Å². The van der Waals surface area contributed by atoms with Gasteiger partial charge in [0.05, 0.1) is 24.6 Å². The third-order valence-corrected chi connectivity index (χ3v) is 4.43. The Kier molecular flexibility index (Phi) is 3.53. The molecule has 1 fully saturated rings. The van der Waals surface area contributed by atoms with Crippen LogP contribution in [0.5, 0.6) is 0 Å². The Morgan fingerprint density at radius 1 is 1.18 bits per heavy atom. The van der Waals surface area contributed by atoms with Crippen LogP contribution in [0.1, 0.15) is 0 Å². The summed E-state index contributed by atoms with van der Waals surface area (Å²) in [6.07, 6.45) is 1.58. The number of aromatic nitrogens is 5. The van der Waals surface area contributed by atoms with Crippen LogP contribution in [-0.4, -0.2) is 51.5 Å². The highest BCUT2D eigenvalue weighted by Gasteiger charge is 2.15. The summed E-state index contributed by atoms with van der Waals surface area (Å²) in [7, 11) is 0. The van der Waals surface area contributed by atoms with Gasteiger partial charge in [0.1, 0.15) is 6.33 Å². The van der Waals surface area contributed by atoms with Crippen LogP contribution < -0.4 is 4.90 Å².